The van der Waals surface area contributed by atoms with Crippen molar-refractivity contribution in [3.8, 4) is 0 Å². The Bertz CT molecular complexity index is 358. The Morgan fingerprint density at radius 3 is 1.38 bits per heavy atom. The molecule has 1 N–H and O–H groups in total. The van der Waals surface area contributed by atoms with Gasteiger partial charge in [0.05, 0.1) is 6.10 Å². The van der Waals surface area contributed by atoms with Crippen molar-refractivity contribution < 1.29 is 24.1 Å². The summed E-state index contributed by atoms with van der Waals surface area (Å²) in [6.45, 7) is 3.41. The molecule has 0 spiro atoms. The van der Waals surface area contributed by atoms with Crippen LogP contribution in [0.4, 0.5) is 0 Å². The lowest BCUT2D eigenvalue weighted by molar-refractivity contribution is -0.163. The van der Waals surface area contributed by atoms with Crippen LogP contribution in [0.15, 0.2) is 0 Å². The van der Waals surface area contributed by atoms with E-state index in [4.69, 9.17) is 18.9 Å². The van der Waals surface area contributed by atoms with E-state index < -0.39 is 0 Å². The van der Waals surface area contributed by atoms with Gasteiger partial charge in [-0.3, -0.25) is 0 Å². The molecule has 5 nitrogen and oxygen atoms in total. The highest BCUT2D eigenvalue weighted by molar-refractivity contribution is 4.58. The third-order valence-electron chi connectivity index (χ3n) is 6.75. The number of hydrogen-bond donors (Lipinski definition) is 1. The maximum atomic E-state index is 10.2. The minimum absolute atomic E-state index is 0.0614. The average molecular weight is 457 g/mol. The summed E-state index contributed by atoms with van der Waals surface area (Å²) >= 11 is 0. The molecule has 2 saturated heterocycles. The van der Waals surface area contributed by atoms with Crippen LogP contribution in [0.2, 0.25) is 0 Å². The van der Waals surface area contributed by atoms with Gasteiger partial charge in [0.25, 0.3) is 0 Å². The molecule has 2 aliphatic rings. The summed E-state index contributed by atoms with van der Waals surface area (Å²) in [6, 6.07) is 0. The molecule has 2 fully saturated rings. The zero-order valence-corrected chi connectivity index (χ0v) is 20.8. The van der Waals surface area contributed by atoms with Crippen molar-refractivity contribution in [3.63, 3.8) is 0 Å². The quantitative estimate of drug-likeness (QED) is 0.202. The Balaban J connectivity index is 1.23. The van der Waals surface area contributed by atoms with Crippen molar-refractivity contribution >= 4 is 0 Å². The minimum atomic E-state index is -0.0946. The Hall–Kier alpha value is -0.200. The smallest absolute Gasteiger partial charge is 0.157 e. The van der Waals surface area contributed by atoms with E-state index in [0.29, 0.717) is 0 Å². The van der Waals surface area contributed by atoms with Gasteiger partial charge in [-0.05, 0) is 64.2 Å². The molecule has 2 heterocycles. The fourth-order valence-electron chi connectivity index (χ4n) is 4.64. The number of ether oxygens (including phenoxy) is 4. The molecule has 0 bridgehead atoms. The lowest BCUT2D eigenvalue weighted by Crippen LogP contribution is -2.22. The predicted octanol–water partition coefficient (Wildman–Crippen LogP) is 6.90. The molecular formula is C27H52O5. The van der Waals surface area contributed by atoms with Gasteiger partial charge in [-0.2, -0.15) is 0 Å². The normalized spacial score (nSPS) is 22.8. The summed E-state index contributed by atoms with van der Waals surface area (Å²) in [5, 5.41) is 10.2. The van der Waals surface area contributed by atoms with Crippen molar-refractivity contribution in [2.24, 2.45) is 0 Å². The van der Waals surface area contributed by atoms with Gasteiger partial charge in [0, 0.05) is 26.4 Å². The monoisotopic (exact) mass is 456 g/mol. The van der Waals surface area contributed by atoms with E-state index >= 15 is 0 Å². The van der Waals surface area contributed by atoms with Gasteiger partial charge in [0.15, 0.2) is 12.6 Å². The molecule has 0 aromatic rings. The van der Waals surface area contributed by atoms with E-state index in [9.17, 15) is 5.11 Å². The van der Waals surface area contributed by atoms with E-state index in [1.165, 1.54) is 77.0 Å². The number of aliphatic hydroxyl groups is 1. The van der Waals surface area contributed by atoms with E-state index in [-0.39, 0.29) is 18.7 Å². The van der Waals surface area contributed by atoms with Crippen LogP contribution in [0.25, 0.3) is 0 Å². The third-order valence-corrected chi connectivity index (χ3v) is 6.75. The standard InChI is InChI=1S/C27H52O5/c28-25(17-9-5-1-3-7-13-21-29-26-19-11-15-23-31-26)18-10-6-2-4-8-14-22-30-27-20-12-16-24-32-27/h25-28H,1-24H2. The van der Waals surface area contributed by atoms with Gasteiger partial charge < -0.3 is 24.1 Å². The highest BCUT2D eigenvalue weighted by Gasteiger charge is 2.14. The Morgan fingerprint density at radius 2 is 0.969 bits per heavy atom. The molecule has 2 aliphatic heterocycles. The molecule has 0 saturated carbocycles. The van der Waals surface area contributed by atoms with Crippen molar-refractivity contribution in [2.75, 3.05) is 26.4 Å². The van der Waals surface area contributed by atoms with Crippen molar-refractivity contribution in [1.82, 2.24) is 0 Å². The van der Waals surface area contributed by atoms with Crippen LogP contribution in [0.1, 0.15) is 128 Å². The molecule has 0 aromatic carbocycles. The molecule has 2 rings (SSSR count). The Labute approximate surface area is 197 Å². The molecule has 0 amide bonds. The molecule has 2 unspecified atom stereocenters. The summed E-state index contributed by atoms with van der Waals surface area (Å²) in [4.78, 5) is 0. The highest BCUT2D eigenvalue weighted by atomic mass is 16.7. The van der Waals surface area contributed by atoms with Gasteiger partial charge in [0.1, 0.15) is 0 Å². The average Bonchev–Trinajstić information content (AvgIpc) is 2.83. The van der Waals surface area contributed by atoms with Crippen LogP contribution in [0.3, 0.4) is 0 Å². The van der Waals surface area contributed by atoms with Gasteiger partial charge in [-0.1, -0.05) is 64.2 Å². The summed E-state index contributed by atoms with van der Waals surface area (Å²) in [5.41, 5.74) is 0. The molecule has 0 aromatic heterocycles. The first-order chi connectivity index (χ1) is 15.8. The molecular weight excluding hydrogens is 404 g/mol. The van der Waals surface area contributed by atoms with Crippen LogP contribution in [-0.2, 0) is 18.9 Å². The SMILES string of the molecule is OC(CCCCCCCCOC1CCCCO1)CCCCCCCCOC1CCCCO1. The van der Waals surface area contributed by atoms with Crippen molar-refractivity contribution in [1.29, 1.82) is 0 Å². The van der Waals surface area contributed by atoms with Gasteiger partial charge >= 0.3 is 0 Å². The second-order valence-electron chi connectivity index (χ2n) is 9.81. The van der Waals surface area contributed by atoms with E-state index in [1.54, 1.807) is 0 Å². The van der Waals surface area contributed by atoms with E-state index in [0.717, 1.165) is 77.8 Å². The third kappa shape index (κ3) is 15.6. The van der Waals surface area contributed by atoms with Crippen LogP contribution >= 0.6 is 0 Å². The lowest BCUT2D eigenvalue weighted by atomic mass is 10.0. The summed E-state index contributed by atoms with van der Waals surface area (Å²) in [5.74, 6) is 0. The van der Waals surface area contributed by atoms with Gasteiger partial charge in [-0.15, -0.1) is 0 Å². The zero-order chi connectivity index (χ0) is 22.5. The first-order valence-electron chi connectivity index (χ1n) is 14.0. The molecule has 5 heteroatoms. The molecule has 190 valence electrons. The topological polar surface area (TPSA) is 57.2 Å². The van der Waals surface area contributed by atoms with Crippen LogP contribution in [0.5, 0.6) is 0 Å². The number of aliphatic hydroxyl groups excluding tert-OH is 1. The molecule has 2 atom stereocenters. The van der Waals surface area contributed by atoms with Crippen LogP contribution in [-0.4, -0.2) is 50.2 Å². The largest absolute Gasteiger partial charge is 0.393 e. The maximum absolute atomic E-state index is 10.2. The van der Waals surface area contributed by atoms with E-state index in [1.807, 2.05) is 0 Å². The number of hydrogen-bond acceptors (Lipinski definition) is 5. The summed E-state index contributed by atoms with van der Waals surface area (Å²) < 4.78 is 22.7. The zero-order valence-electron chi connectivity index (χ0n) is 20.8. The lowest BCUT2D eigenvalue weighted by Gasteiger charge is -2.22. The first kappa shape index (κ1) is 28.0. The predicted molar refractivity (Wildman–Crippen MR) is 130 cm³/mol. The number of rotatable bonds is 20. The molecule has 0 aliphatic carbocycles. The second-order valence-corrected chi connectivity index (χ2v) is 9.81. The van der Waals surface area contributed by atoms with E-state index in [2.05, 4.69) is 0 Å². The van der Waals surface area contributed by atoms with Crippen molar-refractivity contribution in [3.05, 3.63) is 0 Å². The fourth-order valence-corrected chi connectivity index (χ4v) is 4.64. The van der Waals surface area contributed by atoms with Gasteiger partial charge in [-0.25, -0.2) is 0 Å². The maximum Gasteiger partial charge on any atom is 0.157 e. The van der Waals surface area contributed by atoms with Gasteiger partial charge in [0.2, 0.25) is 0 Å². The summed E-state index contributed by atoms with van der Waals surface area (Å²) in [6.07, 6.45) is 23.7. The summed E-state index contributed by atoms with van der Waals surface area (Å²) in [7, 11) is 0. The molecule has 32 heavy (non-hydrogen) atoms. The van der Waals surface area contributed by atoms with Crippen molar-refractivity contribution in [2.45, 2.75) is 147 Å². The Kier molecular flexibility index (Phi) is 17.7. The number of unbranched alkanes of at least 4 members (excludes halogenated alkanes) is 10. The van der Waals surface area contributed by atoms with Crippen LogP contribution < -0.4 is 0 Å². The van der Waals surface area contributed by atoms with Crippen LogP contribution in [0, 0.1) is 0 Å². The highest BCUT2D eigenvalue weighted by Crippen LogP contribution is 2.17. The second kappa shape index (κ2) is 20.2. The first-order valence-corrected chi connectivity index (χ1v) is 14.0. The minimum Gasteiger partial charge on any atom is -0.393 e. The molecule has 0 radical (unpaired) electrons. The fraction of sp³-hybridized carbons (Fsp3) is 1.00. The Morgan fingerprint density at radius 1 is 0.562 bits per heavy atom.